The lowest BCUT2D eigenvalue weighted by Gasteiger charge is -2.26. The molecule has 37 heavy (non-hydrogen) atoms. The number of rotatable bonds is 6. The fourth-order valence-electron chi connectivity index (χ4n) is 4.46. The molecule has 0 aromatic heterocycles. The monoisotopic (exact) mass is 499 g/mol. The quantitative estimate of drug-likeness (QED) is 0.228. The second kappa shape index (κ2) is 10.2. The molecule has 0 saturated carbocycles. The third kappa shape index (κ3) is 4.53. The number of aliphatic hydroxyl groups is 1. The van der Waals surface area contributed by atoms with Crippen molar-refractivity contribution >= 4 is 29.1 Å². The number of Topliss-reactive ketones (excluding diaryl/α,β-unsaturated/α-hetero) is 1. The Labute approximate surface area is 213 Å². The first kappa shape index (κ1) is 24.1. The molecule has 2 heterocycles. The molecule has 8 heteroatoms. The first-order valence-electron chi connectivity index (χ1n) is 12.0. The van der Waals surface area contributed by atoms with Gasteiger partial charge in [-0.05, 0) is 48.4 Å². The van der Waals surface area contributed by atoms with E-state index < -0.39 is 23.7 Å². The lowest BCUT2D eigenvalue weighted by Crippen LogP contribution is -2.29. The van der Waals surface area contributed by atoms with Crippen molar-refractivity contribution in [2.24, 2.45) is 0 Å². The van der Waals surface area contributed by atoms with Crippen LogP contribution in [0.15, 0.2) is 78.4 Å². The number of ketones is 1. The molecule has 3 aromatic rings. The smallest absolute Gasteiger partial charge is 0.338 e. The summed E-state index contributed by atoms with van der Waals surface area (Å²) < 4.78 is 16.4. The SMILES string of the molecule is CCCOC(=O)c1cccc(N2C(=O)C(=O)/C(=C(\O)c3ccc4c(c3)OCCO4)C2c2ccccc2)c1. The first-order chi connectivity index (χ1) is 18.0. The van der Waals surface area contributed by atoms with E-state index in [4.69, 9.17) is 14.2 Å². The molecular formula is C29H25NO7. The van der Waals surface area contributed by atoms with Crippen LogP contribution in [0.5, 0.6) is 11.5 Å². The number of fused-ring (bicyclic) bond motifs is 1. The number of esters is 1. The van der Waals surface area contributed by atoms with Crippen LogP contribution in [-0.2, 0) is 14.3 Å². The van der Waals surface area contributed by atoms with E-state index in [-0.39, 0.29) is 23.5 Å². The van der Waals surface area contributed by atoms with Crippen LogP contribution in [0.25, 0.3) is 5.76 Å². The summed E-state index contributed by atoms with van der Waals surface area (Å²) in [6.45, 7) is 2.95. The van der Waals surface area contributed by atoms with E-state index >= 15 is 0 Å². The largest absolute Gasteiger partial charge is 0.507 e. The van der Waals surface area contributed by atoms with Crippen LogP contribution < -0.4 is 14.4 Å². The maximum absolute atomic E-state index is 13.4. The molecule has 3 aromatic carbocycles. The van der Waals surface area contributed by atoms with Gasteiger partial charge in [-0.3, -0.25) is 14.5 Å². The molecule has 1 N–H and O–H groups in total. The average molecular weight is 500 g/mol. The van der Waals surface area contributed by atoms with Crippen molar-refractivity contribution in [3.63, 3.8) is 0 Å². The molecule has 1 unspecified atom stereocenters. The predicted octanol–water partition coefficient (Wildman–Crippen LogP) is 4.65. The van der Waals surface area contributed by atoms with E-state index in [1.165, 1.54) is 11.0 Å². The van der Waals surface area contributed by atoms with Gasteiger partial charge in [-0.25, -0.2) is 4.79 Å². The second-order valence-electron chi connectivity index (χ2n) is 8.62. The number of amides is 1. The number of benzene rings is 3. The van der Waals surface area contributed by atoms with Gasteiger partial charge in [0.1, 0.15) is 19.0 Å². The van der Waals surface area contributed by atoms with E-state index in [2.05, 4.69) is 0 Å². The minimum absolute atomic E-state index is 0.0631. The van der Waals surface area contributed by atoms with Crippen LogP contribution in [0.2, 0.25) is 0 Å². The van der Waals surface area contributed by atoms with Gasteiger partial charge in [0.05, 0.1) is 23.8 Å². The zero-order chi connectivity index (χ0) is 25.9. The minimum atomic E-state index is -0.920. The van der Waals surface area contributed by atoms with E-state index in [9.17, 15) is 19.5 Å². The lowest BCUT2D eigenvalue weighted by molar-refractivity contribution is -0.132. The molecule has 8 nitrogen and oxygen atoms in total. The molecule has 0 radical (unpaired) electrons. The van der Waals surface area contributed by atoms with Gasteiger partial charge in [0.25, 0.3) is 11.7 Å². The summed E-state index contributed by atoms with van der Waals surface area (Å²) in [6, 6.07) is 19.3. The molecule has 188 valence electrons. The lowest BCUT2D eigenvalue weighted by atomic mass is 9.95. The van der Waals surface area contributed by atoms with Gasteiger partial charge in [0, 0.05) is 11.3 Å². The number of aliphatic hydroxyl groups excluding tert-OH is 1. The van der Waals surface area contributed by atoms with Gasteiger partial charge in [-0.2, -0.15) is 0 Å². The van der Waals surface area contributed by atoms with Crippen molar-refractivity contribution in [2.45, 2.75) is 19.4 Å². The highest BCUT2D eigenvalue weighted by atomic mass is 16.6. The van der Waals surface area contributed by atoms with Crippen LogP contribution in [-0.4, -0.2) is 42.6 Å². The zero-order valence-corrected chi connectivity index (χ0v) is 20.2. The van der Waals surface area contributed by atoms with E-state index in [1.54, 1.807) is 60.7 Å². The Bertz CT molecular complexity index is 1400. The van der Waals surface area contributed by atoms with Crippen molar-refractivity contribution in [2.75, 3.05) is 24.7 Å². The van der Waals surface area contributed by atoms with Crippen molar-refractivity contribution in [3.8, 4) is 11.5 Å². The molecule has 1 amide bonds. The fraction of sp³-hybridized carbons (Fsp3) is 0.207. The fourth-order valence-corrected chi connectivity index (χ4v) is 4.46. The highest BCUT2D eigenvalue weighted by Gasteiger charge is 2.47. The Kier molecular flexibility index (Phi) is 6.64. The molecule has 2 aliphatic rings. The second-order valence-corrected chi connectivity index (χ2v) is 8.62. The third-order valence-corrected chi connectivity index (χ3v) is 6.17. The minimum Gasteiger partial charge on any atom is -0.507 e. The first-order valence-corrected chi connectivity index (χ1v) is 12.0. The topological polar surface area (TPSA) is 102 Å². The molecule has 5 rings (SSSR count). The summed E-state index contributed by atoms with van der Waals surface area (Å²) in [5.41, 5.74) is 1.47. The van der Waals surface area contributed by atoms with Gasteiger partial charge in [0.2, 0.25) is 0 Å². The molecular weight excluding hydrogens is 474 g/mol. The standard InChI is InChI=1S/C29H25NO7/c1-2-13-37-29(34)20-9-6-10-21(16-20)30-25(18-7-4-3-5-8-18)24(27(32)28(30)33)26(31)19-11-12-22-23(17-19)36-15-14-35-22/h3-12,16-17,25,31H,2,13-15H2,1H3/b26-24-. The molecule has 1 saturated heterocycles. The third-order valence-electron chi connectivity index (χ3n) is 6.17. The van der Waals surface area contributed by atoms with Gasteiger partial charge >= 0.3 is 5.97 Å². The van der Waals surface area contributed by atoms with Gasteiger partial charge in [-0.1, -0.05) is 43.3 Å². The van der Waals surface area contributed by atoms with Gasteiger partial charge < -0.3 is 19.3 Å². The highest BCUT2D eigenvalue weighted by Crippen LogP contribution is 2.43. The van der Waals surface area contributed by atoms with Gasteiger partial charge in [0.15, 0.2) is 11.5 Å². The normalized spacial score (nSPS) is 18.1. The summed E-state index contributed by atoms with van der Waals surface area (Å²) in [5.74, 6) is -1.51. The van der Waals surface area contributed by atoms with Crippen LogP contribution in [0.4, 0.5) is 5.69 Å². The summed E-state index contributed by atoms with van der Waals surface area (Å²) in [6.07, 6.45) is 0.675. The number of ether oxygens (including phenoxy) is 3. The predicted molar refractivity (Wildman–Crippen MR) is 136 cm³/mol. The Balaban J connectivity index is 1.62. The van der Waals surface area contributed by atoms with Crippen molar-refractivity contribution < 1.29 is 33.7 Å². The molecule has 1 fully saturated rings. The molecule has 0 spiro atoms. The van der Waals surface area contributed by atoms with Crippen molar-refractivity contribution in [1.82, 2.24) is 0 Å². The Hall–Kier alpha value is -4.59. The van der Waals surface area contributed by atoms with E-state index in [0.717, 1.165) is 0 Å². The number of carbonyl (C=O) groups excluding carboxylic acids is 3. The number of hydrogen-bond donors (Lipinski definition) is 1. The maximum Gasteiger partial charge on any atom is 0.338 e. The summed E-state index contributed by atoms with van der Waals surface area (Å²) >= 11 is 0. The number of hydrogen-bond acceptors (Lipinski definition) is 7. The maximum atomic E-state index is 13.4. The van der Waals surface area contributed by atoms with Crippen molar-refractivity contribution in [3.05, 3.63) is 95.1 Å². The van der Waals surface area contributed by atoms with Crippen LogP contribution in [0.1, 0.15) is 40.9 Å². The number of nitrogens with zero attached hydrogens (tertiary/aromatic N) is 1. The van der Waals surface area contributed by atoms with Crippen LogP contribution in [0.3, 0.4) is 0 Å². The van der Waals surface area contributed by atoms with Gasteiger partial charge in [-0.15, -0.1) is 0 Å². The number of anilines is 1. The molecule has 0 aliphatic carbocycles. The Morgan fingerprint density at radius 2 is 1.70 bits per heavy atom. The Morgan fingerprint density at radius 1 is 0.946 bits per heavy atom. The average Bonchev–Trinajstić information content (AvgIpc) is 3.21. The zero-order valence-electron chi connectivity index (χ0n) is 20.2. The van der Waals surface area contributed by atoms with E-state index in [0.29, 0.717) is 47.9 Å². The Morgan fingerprint density at radius 3 is 2.46 bits per heavy atom. The van der Waals surface area contributed by atoms with Crippen LogP contribution in [0, 0.1) is 0 Å². The molecule has 1 atom stereocenters. The number of carbonyl (C=O) groups is 3. The van der Waals surface area contributed by atoms with Crippen LogP contribution >= 0.6 is 0 Å². The molecule has 0 bridgehead atoms. The van der Waals surface area contributed by atoms with E-state index in [1.807, 2.05) is 13.0 Å². The van der Waals surface area contributed by atoms with Crippen molar-refractivity contribution in [1.29, 1.82) is 0 Å². The summed E-state index contributed by atoms with van der Waals surface area (Å²) in [4.78, 5) is 40.6. The summed E-state index contributed by atoms with van der Waals surface area (Å²) in [5, 5.41) is 11.4. The molecule has 2 aliphatic heterocycles. The summed E-state index contributed by atoms with van der Waals surface area (Å²) in [7, 11) is 0. The highest BCUT2D eigenvalue weighted by molar-refractivity contribution is 6.51.